The predicted molar refractivity (Wildman–Crippen MR) is 76.5 cm³/mol. The molecule has 0 atom stereocenters. The fourth-order valence-electron chi connectivity index (χ4n) is 2.61. The SMILES string of the molecule is CCN(CCNCc1c(C)nn(C)c1OC)C1CC1. The molecule has 19 heavy (non-hydrogen) atoms. The molecule has 0 aromatic carbocycles. The highest BCUT2D eigenvalue weighted by Gasteiger charge is 2.27. The largest absolute Gasteiger partial charge is 0.481 e. The molecule has 0 saturated heterocycles. The molecule has 2 rings (SSSR count). The van der Waals surface area contributed by atoms with Gasteiger partial charge < -0.3 is 10.1 Å². The zero-order valence-corrected chi connectivity index (χ0v) is 12.6. The van der Waals surface area contributed by atoms with Crippen molar-refractivity contribution in [3.05, 3.63) is 11.3 Å². The maximum atomic E-state index is 5.39. The molecule has 1 saturated carbocycles. The third-order valence-corrected chi connectivity index (χ3v) is 3.83. The predicted octanol–water partition coefficient (Wildman–Crippen LogP) is 1.31. The van der Waals surface area contributed by atoms with Gasteiger partial charge in [0.25, 0.3) is 0 Å². The topological polar surface area (TPSA) is 42.3 Å². The number of aryl methyl sites for hydroxylation is 2. The molecular weight excluding hydrogens is 240 g/mol. The first kappa shape index (κ1) is 14.3. The molecule has 0 radical (unpaired) electrons. The van der Waals surface area contributed by atoms with Crippen molar-refractivity contribution in [2.45, 2.75) is 39.3 Å². The Morgan fingerprint density at radius 3 is 2.79 bits per heavy atom. The zero-order chi connectivity index (χ0) is 13.8. The quantitative estimate of drug-likeness (QED) is 0.721. The lowest BCUT2D eigenvalue weighted by molar-refractivity contribution is 0.276. The number of hydrogen-bond donors (Lipinski definition) is 1. The lowest BCUT2D eigenvalue weighted by atomic mass is 10.2. The van der Waals surface area contributed by atoms with Crippen molar-refractivity contribution in [3.8, 4) is 5.88 Å². The highest BCUT2D eigenvalue weighted by Crippen LogP contribution is 2.26. The first-order valence-electron chi connectivity index (χ1n) is 7.18. The Morgan fingerprint density at radius 1 is 1.47 bits per heavy atom. The van der Waals surface area contributed by atoms with Gasteiger partial charge in [-0.25, -0.2) is 4.68 Å². The molecule has 5 nitrogen and oxygen atoms in total. The molecular formula is C14H26N4O. The Morgan fingerprint density at radius 2 is 2.21 bits per heavy atom. The second-order valence-electron chi connectivity index (χ2n) is 5.23. The Labute approximate surface area is 115 Å². The van der Waals surface area contributed by atoms with Gasteiger partial charge in [0, 0.05) is 32.7 Å². The van der Waals surface area contributed by atoms with Gasteiger partial charge in [-0.1, -0.05) is 6.92 Å². The molecule has 0 unspecified atom stereocenters. The molecule has 5 heteroatoms. The van der Waals surface area contributed by atoms with Crippen LogP contribution in [0.15, 0.2) is 0 Å². The third-order valence-electron chi connectivity index (χ3n) is 3.83. The van der Waals surface area contributed by atoms with Crippen LogP contribution in [0.25, 0.3) is 0 Å². The Kier molecular flexibility index (Phi) is 4.82. The van der Waals surface area contributed by atoms with Crippen LogP contribution in [0.5, 0.6) is 5.88 Å². The average molecular weight is 266 g/mol. The van der Waals surface area contributed by atoms with E-state index in [2.05, 4.69) is 22.2 Å². The molecule has 1 N–H and O–H groups in total. The second-order valence-corrected chi connectivity index (χ2v) is 5.23. The Bertz CT molecular complexity index is 412. The van der Waals surface area contributed by atoms with Crippen LogP contribution in [0.1, 0.15) is 31.0 Å². The number of likely N-dealkylation sites (N-methyl/N-ethyl adjacent to an activating group) is 1. The fraction of sp³-hybridized carbons (Fsp3) is 0.786. The molecule has 1 aromatic rings. The van der Waals surface area contributed by atoms with E-state index in [1.165, 1.54) is 18.4 Å². The summed E-state index contributed by atoms with van der Waals surface area (Å²) in [6.07, 6.45) is 2.76. The van der Waals surface area contributed by atoms with E-state index in [9.17, 15) is 0 Å². The van der Waals surface area contributed by atoms with Crippen LogP contribution in [0, 0.1) is 6.92 Å². The molecule has 0 spiro atoms. The van der Waals surface area contributed by atoms with Gasteiger partial charge in [-0.2, -0.15) is 5.10 Å². The van der Waals surface area contributed by atoms with Crippen molar-refractivity contribution in [3.63, 3.8) is 0 Å². The summed E-state index contributed by atoms with van der Waals surface area (Å²) in [6, 6.07) is 0.849. The minimum atomic E-state index is 0.824. The molecule has 0 amide bonds. The molecule has 1 fully saturated rings. The van der Waals surface area contributed by atoms with Gasteiger partial charge in [0.05, 0.1) is 18.4 Å². The highest BCUT2D eigenvalue weighted by atomic mass is 16.5. The van der Waals surface area contributed by atoms with Crippen molar-refractivity contribution >= 4 is 0 Å². The highest BCUT2D eigenvalue weighted by molar-refractivity contribution is 5.30. The van der Waals surface area contributed by atoms with Crippen LogP contribution in [0.2, 0.25) is 0 Å². The summed E-state index contributed by atoms with van der Waals surface area (Å²) in [5, 5.41) is 7.89. The molecule has 1 aromatic heterocycles. The van der Waals surface area contributed by atoms with Crippen LogP contribution in [0.4, 0.5) is 0 Å². The van der Waals surface area contributed by atoms with Crippen molar-refractivity contribution < 1.29 is 4.74 Å². The van der Waals surface area contributed by atoms with Crippen molar-refractivity contribution in [1.82, 2.24) is 20.0 Å². The van der Waals surface area contributed by atoms with Gasteiger partial charge in [-0.05, 0) is 26.3 Å². The second kappa shape index (κ2) is 6.39. The van der Waals surface area contributed by atoms with Gasteiger partial charge in [0.1, 0.15) is 0 Å². The first-order chi connectivity index (χ1) is 9.17. The number of methoxy groups -OCH3 is 1. The normalized spacial score (nSPS) is 15.2. The van der Waals surface area contributed by atoms with Crippen molar-refractivity contribution in [2.75, 3.05) is 26.7 Å². The number of nitrogens with one attached hydrogen (secondary N) is 1. The van der Waals surface area contributed by atoms with Crippen LogP contribution >= 0.6 is 0 Å². The zero-order valence-electron chi connectivity index (χ0n) is 12.6. The van der Waals surface area contributed by atoms with Crippen LogP contribution in [-0.2, 0) is 13.6 Å². The lowest BCUT2D eigenvalue weighted by Crippen LogP contribution is -2.33. The van der Waals surface area contributed by atoms with E-state index in [1.54, 1.807) is 11.8 Å². The molecule has 0 bridgehead atoms. The monoisotopic (exact) mass is 266 g/mol. The summed E-state index contributed by atoms with van der Waals surface area (Å²) in [5.41, 5.74) is 2.21. The van der Waals surface area contributed by atoms with E-state index in [-0.39, 0.29) is 0 Å². The summed E-state index contributed by atoms with van der Waals surface area (Å²) in [4.78, 5) is 2.56. The van der Waals surface area contributed by atoms with Crippen molar-refractivity contribution in [2.24, 2.45) is 7.05 Å². The number of nitrogens with zero attached hydrogens (tertiary/aromatic N) is 3. The molecule has 0 aliphatic heterocycles. The molecule has 108 valence electrons. The summed E-state index contributed by atoms with van der Waals surface area (Å²) in [5.74, 6) is 0.861. The van der Waals surface area contributed by atoms with Gasteiger partial charge in [-0.15, -0.1) is 0 Å². The summed E-state index contributed by atoms with van der Waals surface area (Å²) >= 11 is 0. The smallest absolute Gasteiger partial charge is 0.216 e. The maximum Gasteiger partial charge on any atom is 0.216 e. The van der Waals surface area contributed by atoms with E-state index >= 15 is 0 Å². The minimum absolute atomic E-state index is 0.824. The standard InChI is InChI=1S/C14H26N4O/c1-5-18(12-6-7-12)9-8-15-10-13-11(2)16-17(3)14(13)19-4/h12,15H,5-10H2,1-4H3. The molecule has 1 aliphatic carbocycles. The van der Waals surface area contributed by atoms with Gasteiger partial charge >= 0.3 is 0 Å². The third kappa shape index (κ3) is 3.48. The van der Waals surface area contributed by atoms with Gasteiger partial charge in [0.2, 0.25) is 5.88 Å². The number of hydrogen-bond acceptors (Lipinski definition) is 4. The van der Waals surface area contributed by atoms with Gasteiger partial charge in [-0.3, -0.25) is 4.90 Å². The van der Waals surface area contributed by atoms with E-state index in [1.807, 2.05) is 14.0 Å². The lowest BCUT2D eigenvalue weighted by Gasteiger charge is -2.19. The number of rotatable bonds is 8. The minimum Gasteiger partial charge on any atom is -0.481 e. The van der Waals surface area contributed by atoms with E-state index in [0.717, 1.165) is 43.8 Å². The van der Waals surface area contributed by atoms with E-state index in [0.29, 0.717) is 0 Å². The van der Waals surface area contributed by atoms with E-state index < -0.39 is 0 Å². The number of aromatic nitrogens is 2. The molecule has 1 aliphatic rings. The average Bonchev–Trinajstić information content (AvgIpc) is 3.17. The first-order valence-corrected chi connectivity index (χ1v) is 7.18. The van der Waals surface area contributed by atoms with Gasteiger partial charge in [0.15, 0.2) is 0 Å². The molecule has 1 heterocycles. The maximum absolute atomic E-state index is 5.39. The van der Waals surface area contributed by atoms with E-state index in [4.69, 9.17) is 4.74 Å². The van der Waals surface area contributed by atoms with Crippen LogP contribution < -0.4 is 10.1 Å². The Hall–Kier alpha value is -1.07. The summed E-state index contributed by atoms with van der Waals surface area (Å²) in [7, 11) is 3.62. The number of ether oxygens (including phenoxy) is 1. The Balaban J connectivity index is 1.79. The summed E-state index contributed by atoms with van der Waals surface area (Å²) < 4.78 is 7.20. The fourth-order valence-corrected chi connectivity index (χ4v) is 2.61. The van der Waals surface area contributed by atoms with Crippen molar-refractivity contribution in [1.29, 1.82) is 0 Å². The van der Waals surface area contributed by atoms with Crippen LogP contribution in [0.3, 0.4) is 0 Å². The summed E-state index contributed by atoms with van der Waals surface area (Å²) in [6.45, 7) is 8.39. The van der Waals surface area contributed by atoms with Crippen LogP contribution in [-0.4, -0.2) is 47.5 Å².